The molecule has 0 unspecified atom stereocenters. The van der Waals surface area contributed by atoms with Crippen LogP contribution < -0.4 is 0 Å². The molecule has 0 N–H and O–H groups in total. The van der Waals surface area contributed by atoms with Crippen LogP contribution in [0.25, 0.3) is 0 Å². The molecular weight excluding hydrogens is 452 g/mol. The van der Waals surface area contributed by atoms with E-state index in [4.69, 9.17) is 40.0 Å². The van der Waals surface area contributed by atoms with Gasteiger partial charge >= 0.3 is 5.97 Å². The third-order valence-electron chi connectivity index (χ3n) is 4.34. The Morgan fingerprint density at radius 3 is 1.55 bits per heavy atom. The Hall–Kier alpha value is -1.55. The minimum absolute atomic E-state index is 0.0140. The van der Waals surface area contributed by atoms with E-state index in [-0.39, 0.29) is 13.2 Å². The first-order chi connectivity index (χ1) is 16.3. The van der Waals surface area contributed by atoms with Gasteiger partial charge in [-0.05, 0) is 12.8 Å². The van der Waals surface area contributed by atoms with E-state index in [0.717, 1.165) is 38.2 Å². The molecule has 0 bridgehead atoms. The molecule has 8 nitrogen and oxygen atoms in total. The van der Waals surface area contributed by atoms with Gasteiger partial charge in [-0.1, -0.05) is 43.2 Å². The van der Waals surface area contributed by atoms with Crippen molar-refractivity contribution in [3.05, 3.63) is 35.9 Å². The molecule has 0 radical (unpaired) electrons. The molecule has 1 aromatic carbocycles. The molecule has 188 valence electrons. The highest BCUT2D eigenvalue weighted by Crippen LogP contribution is 2.02. The highest BCUT2D eigenvalue weighted by molar-refractivity contribution is 6.40. The van der Waals surface area contributed by atoms with Crippen LogP contribution in [0.3, 0.4) is 0 Å². The second-order valence-corrected chi connectivity index (χ2v) is 7.37. The summed E-state index contributed by atoms with van der Waals surface area (Å²) in [5, 5.41) is 0. The van der Waals surface area contributed by atoms with E-state index in [1.807, 2.05) is 0 Å². The Morgan fingerprint density at radius 1 is 0.576 bits per heavy atom. The number of alkyl halides is 1. The van der Waals surface area contributed by atoms with Crippen molar-refractivity contribution in [2.24, 2.45) is 0 Å². The lowest BCUT2D eigenvalue weighted by Crippen LogP contribution is -2.20. The smallest absolute Gasteiger partial charge is 0.379 e. The van der Waals surface area contributed by atoms with Gasteiger partial charge in [0.1, 0.15) is 6.61 Å². The number of halogens is 1. The van der Waals surface area contributed by atoms with E-state index in [0.29, 0.717) is 58.4 Å². The molecule has 0 heterocycles. The summed E-state index contributed by atoms with van der Waals surface area (Å²) in [5.41, 5.74) is 0.305. The number of ether oxygens (including phenoxy) is 6. The minimum atomic E-state index is -0.886. The number of esters is 1. The summed E-state index contributed by atoms with van der Waals surface area (Å²) in [6.45, 7) is 4.86. The van der Waals surface area contributed by atoms with Crippen LogP contribution in [0.15, 0.2) is 30.3 Å². The number of unbranched alkanes of at least 4 members (excludes halogenated alkanes) is 3. The average molecular weight is 489 g/mol. The van der Waals surface area contributed by atoms with Crippen LogP contribution in [0.5, 0.6) is 0 Å². The van der Waals surface area contributed by atoms with Crippen molar-refractivity contribution in [3.8, 4) is 0 Å². The highest BCUT2D eigenvalue weighted by atomic mass is 35.5. The molecule has 1 aromatic rings. The SMILES string of the molecule is O=C(OCCOCCOCCOCCOCCOCCCCCCCl)C(=O)c1ccccc1. The lowest BCUT2D eigenvalue weighted by Gasteiger charge is -2.08. The van der Waals surface area contributed by atoms with Crippen molar-refractivity contribution in [3.63, 3.8) is 0 Å². The van der Waals surface area contributed by atoms with Gasteiger partial charge in [0.2, 0.25) is 0 Å². The number of carbonyl (C=O) groups is 2. The normalized spacial score (nSPS) is 10.9. The Labute approximate surface area is 201 Å². The Balaban J connectivity index is 1.75. The fraction of sp³-hybridized carbons (Fsp3) is 0.667. The predicted molar refractivity (Wildman–Crippen MR) is 125 cm³/mol. The monoisotopic (exact) mass is 488 g/mol. The third kappa shape index (κ3) is 17.6. The van der Waals surface area contributed by atoms with Gasteiger partial charge in [-0.2, -0.15) is 0 Å². The van der Waals surface area contributed by atoms with Gasteiger partial charge in [0.25, 0.3) is 5.78 Å². The first-order valence-electron chi connectivity index (χ1n) is 11.5. The lowest BCUT2D eigenvalue weighted by molar-refractivity contribution is -0.139. The molecule has 0 fully saturated rings. The number of hydrogen-bond donors (Lipinski definition) is 0. The molecule has 0 amide bonds. The summed E-state index contributed by atoms with van der Waals surface area (Å²) >= 11 is 5.63. The number of rotatable bonds is 23. The second-order valence-electron chi connectivity index (χ2n) is 7.00. The van der Waals surface area contributed by atoms with Gasteiger partial charge in [-0.25, -0.2) is 4.79 Å². The predicted octanol–water partition coefficient (Wildman–Crippen LogP) is 3.29. The maximum atomic E-state index is 11.8. The van der Waals surface area contributed by atoms with Crippen molar-refractivity contribution in [1.29, 1.82) is 0 Å². The number of ketones is 1. The quantitative estimate of drug-likeness (QED) is 0.0762. The van der Waals surface area contributed by atoms with E-state index >= 15 is 0 Å². The number of Topliss-reactive ketones (excluding diaryl/α,β-unsaturated/α-hetero) is 1. The van der Waals surface area contributed by atoms with Gasteiger partial charge in [0.05, 0.1) is 59.5 Å². The van der Waals surface area contributed by atoms with Crippen LogP contribution >= 0.6 is 11.6 Å². The van der Waals surface area contributed by atoms with E-state index in [1.165, 1.54) is 0 Å². The lowest BCUT2D eigenvalue weighted by atomic mass is 10.1. The zero-order valence-electron chi connectivity index (χ0n) is 19.3. The van der Waals surface area contributed by atoms with Gasteiger partial charge in [-0.15, -0.1) is 11.6 Å². The Bertz CT molecular complexity index is 599. The fourth-order valence-corrected chi connectivity index (χ4v) is 2.79. The molecule has 0 aliphatic heterocycles. The van der Waals surface area contributed by atoms with Crippen LogP contribution in [-0.2, 0) is 33.2 Å². The molecule has 0 aliphatic carbocycles. The molecule has 0 atom stereocenters. The van der Waals surface area contributed by atoms with Crippen molar-refractivity contribution in [2.75, 3.05) is 78.6 Å². The van der Waals surface area contributed by atoms with Crippen LogP contribution in [0.2, 0.25) is 0 Å². The summed E-state index contributed by atoms with van der Waals surface area (Å²) in [5.74, 6) is -0.816. The van der Waals surface area contributed by atoms with Crippen LogP contribution in [-0.4, -0.2) is 90.3 Å². The molecule has 33 heavy (non-hydrogen) atoms. The van der Waals surface area contributed by atoms with Crippen molar-refractivity contribution < 1.29 is 38.0 Å². The minimum Gasteiger partial charge on any atom is -0.457 e. The van der Waals surface area contributed by atoms with E-state index in [1.54, 1.807) is 30.3 Å². The summed E-state index contributed by atoms with van der Waals surface area (Å²) in [7, 11) is 0. The number of benzene rings is 1. The number of hydrogen-bond acceptors (Lipinski definition) is 8. The van der Waals surface area contributed by atoms with Crippen molar-refractivity contribution >= 4 is 23.4 Å². The second kappa shape index (κ2) is 22.3. The largest absolute Gasteiger partial charge is 0.457 e. The summed E-state index contributed by atoms with van der Waals surface area (Å²) in [6.07, 6.45) is 4.45. The standard InChI is InChI=1S/C24H37ClO8/c25-10-6-1-2-7-11-28-12-13-29-14-15-30-16-17-31-18-19-32-20-21-33-24(27)23(26)22-8-4-3-5-9-22/h3-5,8-9H,1-2,6-7,10-21H2. The molecule has 0 aromatic heterocycles. The molecule has 0 saturated carbocycles. The first-order valence-corrected chi connectivity index (χ1v) is 12.0. The molecule has 0 spiro atoms. The summed E-state index contributed by atoms with van der Waals surface area (Å²) < 4.78 is 31.9. The molecular formula is C24H37ClO8. The third-order valence-corrected chi connectivity index (χ3v) is 4.61. The molecule has 0 aliphatic rings. The zero-order valence-corrected chi connectivity index (χ0v) is 20.1. The maximum absolute atomic E-state index is 11.8. The fourth-order valence-electron chi connectivity index (χ4n) is 2.60. The Morgan fingerprint density at radius 2 is 1.03 bits per heavy atom. The van der Waals surface area contributed by atoms with Gasteiger partial charge in [-0.3, -0.25) is 4.79 Å². The topological polar surface area (TPSA) is 89.5 Å². The summed E-state index contributed by atoms with van der Waals surface area (Å²) in [6, 6.07) is 8.28. The van der Waals surface area contributed by atoms with E-state index in [2.05, 4.69) is 0 Å². The summed E-state index contributed by atoms with van der Waals surface area (Å²) in [4.78, 5) is 23.5. The van der Waals surface area contributed by atoms with Crippen LogP contribution in [0.4, 0.5) is 0 Å². The average Bonchev–Trinajstić information content (AvgIpc) is 2.85. The van der Waals surface area contributed by atoms with Gasteiger partial charge in [0, 0.05) is 18.1 Å². The van der Waals surface area contributed by atoms with E-state index < -0.39 is 11.8 Å². The van der Waals surface area contributed by atoms with Crippen molar-refractivity contribution in [2.45, 2.75) is 25.7 Å². The first kappa shape index (κ1) is 29.5. The van der Waals surface area contributed by atoms with Gasteiger partial charge in [0.15, 0.2) is 0 Å². The van der Waals surface area contributed by atoms with Crippen molar-refractivity contribution in [1.82, 2.24) is 0 Å². The van der Waals surface area contributed by atoms with Crippen LogP contribution in [0.1, 0.15) is 36.0 Å². The highest BCUT2D eigenvalue weighted by Gasteiger charge is 2.16. The maximum Gasteiger partial charge on any atom is 0.379 e. The van der Waals surface area contributed by atoms with E-state index in [9.17, 15) is 9.59 Å². The van der Waals surface area contributed by atoms with Crippen LogP contribution in [0, 0.1) is 0 Å². The molecule has 9 heteroatoms. The van der Waals surface area contributed by atoms with Gasteiger partial charge < -0.3 is 28.4 Å². The molecule has 1 rings (SSSR count). The zero-order chi connectivity index (χ0) is 23.8. The number of carbonyl (C=O) groups excluding carboxylic acids is 2. The Kier molecular flexibility index (Phi) is 19.9. The molecule has 0 saturated heterocycles.